The Morgan fingerprint density at radius 3 is 2.14 bits per heavy atom. The van der Waals surface area contributed by atoms with Crippen LogP contribution in [0.2, 0.25) is 0 Å². The molecule has 0 amide bonds. The molecule has 1 aromatic carbocycles. The molecule has 0 saturated carbocycles. The van der Waals surface area contributed by atoms with Crippen LogP contribution < -0.4 is 15.8 Å². The molecule has 0 atom stereocenters. The lowest BCUT2D eigenvalue weighted by Crippen LogP contribution is -2.37. The van der Waals surface area contributed by atoms with Crippen molar-refractivity contribution >= 4 is 21.4 Å². The largest absolute Gasteiger partial charge is 0.398 e. The minimum Gasteiger partial charge on any atom is -0.398 e. The van der Waals surface area contributed by atoms with Gasteiger partial charge in [0.15, 0.2) is 0 Å². The highest BCUT2D eigenvalue weighted by Gasteiger charge is 2.19. The van der Waals surface area contributed by atoms with Crippen LogP contribution in [0.1, 0.15) is 40.5 Å². The van der Waals surface area contributed by atoms with Crippen LogP contribution in [0.3, 0.4) is 0 Å². The van der Waals surface area contributed by atoms with Crippen molar-refractivity contribution < 1.29 is 8.42 Å². The number of hydrogen-bond acceptors (Lipinski definition) is 4. The van der Waals surface area contributed by atoms with Crippen molar-refractivity contribution in [1.82, 2.24) is 0 Å². The van der Waals surface area contributed by atoms with Crippen LogP contribution in [-0.2, 0) is 10.0 Å². The molecule has 0 aliphatic carbocycles. The highest BCUT2D eigenvalue weighted by molar-refractivity contribution is 7.89. The quantitative estimate of drug-likeness (QED) is 0.757. The number of rotatable bonds is 7. The Morgan fingerprint density at radius 1 is 1.19 bits per heavy atom. The first-order valence-corrected chi connectivity index (χ1v) is 8.94. The highest BCUT2D eigenvalue weighted by Crippen LogP contribution is 2.27. The highest BCUT2D eigenvalue weighted by atomic mass is 32.2. The predicted molar refractivity (Wildman–Crippen MR) is 88.8 cm³/mol. The van der Waals surface area contributed by atoms with Crippen LogP contribution >= 0.6 is 0 Å². The lowest BCUT2D eigenvalue weighted by atomic mass is 10.1. The van der Waals surface area contributed by atoms with E-state index in [1.165, 1.54) is 6.07 Å². The molecule has 6 heteroatoms. The fourth-order valence-electron chi connectivity index (χ4n) is 2.56. The molecular weight excluding hydrogens is 286 g/mol. The third-order valence-electron chi connectivity index (χ3n) is 3.58. The summed E-state index contributed by atoms with van der Waals surface area (Å²) in [7, 11) is -3.77. The van der Waals surface area contributed by atoms with Gasteiger partial charge in [0.25, 0.3) is 0 Å². The van der Waals surface area contributed by atoms with Gasteiger partial charge in [0, 0.05) is 18.3 Å². The molecule has 0 radical (unpaired) electrons. The molecular formula is C15H27N3O2S. The molecule has 120 valence electrons. The maximum Gasteiger partial charge on any atom is 0.240 e. The van der Waals surface area contributed by atoms with Crippen molar-refractivity contribution in [2.45, 2.75) is 51.5 Å². The normalized spacial score (nSPS) is 12.1. The molecule has 4 N–H and O–H groups in total. The first-order chi connectivity index (χ1) is 9.70. The third kappa shape index (κ3) is 4.61. The lowest BCUT2D eigenvalue weighted by Gasteiger charge is -2.34. The summed E-state index contributed by atoms with van der Waals surface area (Å²) in [6.45, 7) is 9.54. The second kappa shape index (κ2) is 7.13. The van der Waals surface area contributed by atoms with E-state index in [9.17, 15) is 8.42 Å². The van der Waals surface area contributed by atoms with Gasteiger partial charge in [-0.2, -0.15) is 0 Å². The Labute approximate surface area is 128 Å². The standard InChI is InChI=1S/C15H27N3O2S/c1-5-12(6-2)18(10-11(3)4)13-7-8-15(14(16)9-13)21(17,19)20/h7-9,11-12H,5-6,10,16H2,1-4H3,(H2,17,19,20). The summed E-state index contributed by atoms with van der Waals surface area (Å²) >= 11 is 0. The van der Waals surface area contributed by atoms with Gasteiger partial charge < -0.3 is 10.6 Å². The minimum absolute atomic E-state index is 0.0136. The smallest absolute Gasteiger partial charge is 0.240 e. The SMILES string of the molecule is CCC(CC)N(CC(C)C)c1ccc(S(N)(=O)=O)c(N)c1. The third-order valence-corrected chi connectivity index (χ3v) is 4.56. The van der Waals surface area contributed by atoms with E-state index in [0.29, 0.717) is 12.0 Å². The van der Waals surface area contributed by atoms with Gasteiger partial charge in [0.2, 0.25) is 10.0 Å². The summed E-state index contributed by atoms with van der Waals surface area (Å²) in [5.41, 5.74) is 7.02. The second-order valence-corrected chi connectivity index (χ2v) is 7.31. The maximum atomic E-state index is 11.4. The van der Waals surface area contributed by atoms with E-state index in [2.05, 4.69) is 32.6 Å². The van der Waals surface area contributed by atoms with Crippen LogP contribution in [0, 0.1) is 5.92 Å². The summed E-state index contributed by atoms with van der Waals surface area (Å²) < 4.78 is 22.9. The average Bonchev–Trinajstić information content (AvgIpc) is 2.36. The summed E-state index contributed by atoms with van der Waals surface area (Å²) in [5, 5.41) is 5.16. The van der Waals surface area contributed by atoms with Crippen LogP contribution in [0.5, 0.6) is 0 Å². The average molecular weight is 313 g/mol. The predicted octanol–water partition coefficient (Wildman–Crippen LogP) is 2.57. The van der Waals surface area contributed by atoms with Gasteiger partial charge >= 0.3 is 0 Å². The topological polar surface area (TPSA) is 89.4 Å². The molecule has 0 aliphatic heterocycles. The first-order valence-electron chi connectivity index (χ1n) is 7.39. The Bertz CT molecular complexity index is 566. The van der Waals surface area contributed by atoms with E-state index in [1.54, 1.807) is 12.1 Å². The first kappa shape index (κ1) is 17.8. The molecule has 0 saturated heterocycles. The monoisotopic (exact) mass is 313 g/mol. The molecule has 1 rings (SSSR count). The number of benzene rings is 1. The van der Waals surface area contributed by atoms with Gasteiger partial charge in [0.1, 0.15) is 4.90 Å². The Hall–Kier alpha value is -1.27. The van der Waals surface area contributed by atoms with Gasteiger partial charge in [-0.25, -0.2) is 13.6 Å². The number of nitrogen functional groups attached to an aromatic ring is 1. The number of nitrogens with zero attached hydrogens (tertiary/aromatic N) is 1. The van der Waals surface area contributed by atoms with Crippen molar-refractivity contribution in [3.8, 4) is 0 Å². The van der Waals surface area contributed by atoms with E-state index < -0.39 is 10.0 Å². The van der Waals surface area contributed by atoms with E-state index in [0.717, 1.165) is 25.1 Å². The Kier molecular flexibility index (Phi) is 6.04. The van der Waals surface area contributed by atoms with E-state index in [-0.39, 0.29) is 10.6 Å². The Morgan fingerprint density at radius 2 is 1.76 bits per heavy atom. The molecule has 5 nitrogen and oxygen atoms in total. The van der Waals surface area contributed by atoms with Crippen molar-refractivity contribution in [3.05, 3.63) is 18.2 Å². The second-order valence-electron chi connectivity index (χ2n) is 5.78. The maximum absolute atomic E-state index is 11.4. The zero-order chi connectivity index (χ0) is 16.2. The molecule has 0 bridgehead atoms. The molecule has 21 heavy (non-hydrogen) atoms. The molecule has 0 unspecified atom stereocenters. The molecule has 0 heterocycles. The Balaban J connectivity index is 3.23. The van der Waals surface area contributed by atoms with Crippen LogP contribution in [0.25, 0.3) is 0 Å². The minimum atomic E-state index is -3.77. The zero-order valence-corrected chi connectivity index (χ0v) is 14.2. The fraction of sp³-hybridized carbons (Fsp3) is 0.600. The molecule has 0 aromatic heterocycles. The van der Waals surface area contributed by atoms with Crippen LogP contribution in [0.15, 0.2) is 23.1 Å². The number of sulfonamides is 1. The summed E-state index contributed by atoms with van der Waals surface area (Å²) in [6.07, 6.45) is 2.06. The van der Waals surface area contributed by atoms with Gasteiger partial charge in [-0.1, -0.05) is 27.7 Å². The lowest BCUT2D eigenvalue weighted by molar-refractivity contribution is 0.507. The van der Waals surface area contributed by atoms with Crippen molar-refractivity contribution in [1.29, 1.82) is 0 Å². The number of nitrogens with two attached hydrogens (primary N) is 2. The van der Waals surface area contributed by atoms with E-state index >= 15 is 0 Å². The van der Waals surface area contributed by atoms with Crippen molar-refractivity contribution in [2.24, 2.45) is 11.1 Å². The summed E-state index contributed by atoms with van der Waals surface area (Å²) in [5.74, 6) is 0.504. The fourth-order valence-corrected chi connectivity index (χ4v) is 3.21. The molecule has 0 fully saturated rings. The van der Waals surface area contributed by atoms with Crippen molar-refractivity contribution in [2.75, 3.05) is 17.2 Å². The van der Waals surface area contributed by atoms with Crippen LogP contribution in [-0.4, -0.2) is 21.0 Å². The van der Waals surface area contributed by atoms with Gasteiger partial charge in [0.05, 0.1) is 5.69 Å². The van der Waals surface area contributed by atoms with Crippen LogP contribution in [0.4, 0.5) is 11.4 Å². The van der Waals surface area contributed by atoms with Crippen molar-refractivity contribution in [3.63, 3.8) is 0 Å². The van der Waals surface area contributed by atoms with E-state index in [1.807, 2.05) is 0 Å². The van der Waals surface area contributed by atoms with Gasteiger partial charge in [-0.3, -0.25) is 0 Å². The summed E-state index contributed by atoms with van der Waals surface area (Å²) in [6, 6.07) is 5.40. The number of anilines is 2. The zero-order valence-electron chi connectivity index (χ0n) is 13.3. The van der Waals surface area contributed by atoms with Gasteiger partial charge in [-0.05, 0) is 37.0 Å². The molecule has 0 aliphatic rings. The molecule has 0 spiro atoms. The number of hydrogen-bond donors (Lipinski definition) is 2. The molecule has 1 aromatic rings. The number of primary sulfonamides is 1. The van der Waals surface area contributed by atoms with E-state index in [4.69, 9.17) is 10.9 Å². The van der Waals surface area contributed by atoms with Gasteiger partial charge in [-0.15, -0.1) is 0 Å². The summed E-state index contributed by atoms with van der Waals surface area (Å²) in [4.78, 5) is 2.29.